The topological polar surface area (TPSA) is 575 Å². The molecule has 0 aliphatic heterocycles. The van der Waals surface area contributed by atoms with Crippen molar-refractivity contribution in [2.75, 3.05) is 0 Å². The fourth-order valence-corrected chi connectivity index (χ4v) is 13.2. The van der Waals surface area contributed by atoms with Gasteiger partial charge in [0.2, 0.25) is 23.3 Å². The molecule has 0 spiro atoms. The summed E-state index contributed by atoms with van der Waals surface area (Å²) < 4.78 is 267. The predicted molar refractivity (Wildman–Crippen MR) is 494 cm³/mol. The number of aliphatic hydroxyl groups is 1. The number of hydrogen-bond acceptors (Lipinski definition) is 37. The number of aromatic amines is 7. The van der Waals surface area contributed by atoms with E-state index in [9.17, 15) is 131 Å². The standard InChI is InChI=1S/C10H8F2N4O3.C10H8F2N4O2S.C9H6F3N3O3.C9H6F3N3O2S.C9H6F3N3OS2.C8H12ClNO.C8H5F3N4O2S.C8H5F3N4OS2.C8H13NO2/c11-9(12)19-8-2-1-6(3-13-8)5-16-10(18)15-7(17)4-14-16;11-9(12)18-7-2-1-6(3-13-7)5-16-10(17)15-8(19)4-14-16;10-9(11,12)6-2-1-5(18-6)4-15-8(17)14-7(16)3-13-15;10-9(11,12)6-2-1-5(17-6)4-15-8(16)14-7(18)3-13-15;10-9(11,12)6-2-1-5(18-6)4-15-8(16)14-7(17)3-13-15;1-8(2,3)7-10-5-6(4-9)11-7;9-8(10,11)6-12-1-4(18-6)3-15-7(17)14-5(16)2-13-15;9-8(10,11)6-12-1-4(18-6)3-15-7(16)14-5(17)2-13-15;1-8(2,3)7-9-4-6(5-10)11-7/h1-4,9H,5H2,(H,15,17,18);1-4,9H,5H2,(H,15,17,19);1-3H,4H2,(H,14,16,17);1-3H,4H2,(H,14,16,18);1-3H,4H2,(H,14,16,17);5H,4H2,1-3H3;2*1-2H,3H2,(H,14,16,17);4,10H,5H2,1-3H3. The van der Waals surface area contributed by atoms with Gasteiger partial charge < -0.3 is 32.2 Å². The Bertz CT molecular complexity index is 7220. The minimum absolute atomic E-state index is 0.0221. The van der Waals surface area contributed by atoms with Gasteiger partial charge in [0.1, 0.15) is 84.8 Å². The van der Waals surface area contributed by atoms with Crippen molar-refractivity contribution >= 4 is 94.5 Å². The smallest absolute Gasteiger partial charge is 0.449 e. The number of aliphatic hydroxyl groups excluding tert-OH is 1. The summed E-state index contributed by atoms with van der Waals surface area (Å²) in [5.41, 5.74) is -5.38. The second-order valence-corrected chi connectivity index (χ2v) is 36.0. The van der Waals surface area contributed by atoms with Crippen LogP contribution in [0.2, 0.25) is 0 Å². The van der Waals surface area contributed by atoms with E-state index >= 15 is 0 Å². The van der Waals surface area contributed by atoms with E-state index in [4.69, 9.17) is 50.0 Å². The van der Waals surface area contributed by atoms with E-state index in [0.29, 0.717) is 67.5 Å². The maximum absolute atomic E-state index is 12.4. The molecular formula is C79H69ClF19N27O17S7. The highest BCUT2D eigenvalue weighted by atomic mass is 35.5. The molecule has 16 rings (SSSR count). The van der Waals surface area contributed by atoms with Gasteiger partial charge in [-0.15, -0.1) is 45.6 Å². The molecule has 0 fully saturated rings. The van der Waals surface area contributed by atoms with Crippen molar-refractivity contribution in [3.05, 3.63) is 351 Å². The van der Waals surface area contributed by atoms with Crippen LogP contribution in [0.5, 0.6) is 11.8 Å². The second kappa shape index (κ2) is 53.0. The molecule has 0 saturated carbocycles. The Hall–Kier alpha value is -15.3. The van der Waals surface area contributed by atoms with Gasteiger partial charge in [-0.1, -0.05) is 103 Å². The molecule has 0 radical (unpaired) electrons. The van der Waals surface area contributed by atoms with Gasteiger partial charge in [-0.25, -0.2) is 96.2 Å². The van der Waals surface area contributed by atoms with Gasteiger partial charge in [0.15, 0.2) is 21.8 Å². The third-order valence-electron chi connectivity index (χ3n) is 16.8. The number of thiophene rings is 1. The van der Waals surface area contributed by atoms with Crippen LogP contribution in [0.4, 0.5) is 83.4 Å². The lowest BCUT2D eigenvalue weighted by Crippen LogP contribution is -2.31. The summed E-state index contributed by atoms with van der Waals surface area (Å²) in [5, 5.41) is 32.3. The van der Waals surface area contributed by atoms with Crippen LogP contribution in [-0.2, 0) is 100 Å². The Balaban J connectivity index is 0.000000206. The number of aromatic nitrogens is 27. The van der Waals surface area contributed by atoms with E-state index in [1.54, 1.807) is 12.4 Å². The average Bonchev–Trinajstić information content (AvgIpc) is 1.70. The zero-order chi connectivity index (χ0) is 111. The number of rotatable bonds is 20. The highest BCUT2D eigenvalue weighted by Gasteiger charge is 2.39. The molecule has 71 heteroatoms. The number of oxazole rings is 2. The van der Waals surface area contributed by atoms with Crippen LogP contribution in [0.1, 0.15) is 129 Å². The molecule has 0 saturated heterocycles. The molecule has 0 atom stereocenters. The molecule has 150 heavy (non-hydrogen) atoms. The van der Waals surface area contributed by atoms with Crippen LogP contribution in [0.3, 0.4) is 0 Å². The molecule has 0 unspecified atom stereocenters. The van der Waals surface area contributed by atoms with Gasteiger partial charge in [0.05, 0.1) is 75.8 Å². The van der Waals surface area contributed by atoms with Crippen molar-refractivity contribution in [3.63, 3.8) is 0 Å². The fourth-order valence-electron chi connectivity index (χ4n) is 10.2. The van der Waals surface area contributed by atoms with Crippen LogP contribution in [0, 0.1) is 18.6 Å². The summed E-state index contributed by atoms with van der Waals surface area (Å²) in [5.74, 6) is 0.257. The summed E-state index contributed by atoms with van der Waals surface area (Å²) in [7, 11) is 0. The SMILES string of the molecule is CC(C)(C)c1ncc(CCl)o1.CC(C)(C)c1ncc(CO)o1.O=c1[nH]c(=S)cnn1Cc1ccc(C(F)(F)F)o1.O=c1[nH]c(=S)cnn1Cc1ccc(C(F)(F)F)s1.O=c1[nH]c(=S)cnn1Cc1ccc(OC(F)F)nc1.O=c1[nH]c(=S)cnn1Cc1cnc(C(F)(F)F)s1.O=c1cnn(Cc2ccc(C(F)(F)F)o2)c(=O)[nH]1.O=c1cnn(Cc2ccc(OC(F)F)nc2)c(=O)[nH]1.O=c1cnn(Cc2cnc(C(F)(F)F)s2)c(=O)[nH]1. The number of ether oxygens (including phenoxy) is 2. The molecule has 0 bridgehead atoms. The molecule has 0 aliphatic carbocycles. The number of nitrogens with one attached hydrogen (secondary N) is 7. The van der Waals surface area contributed by atoms with Crippen LogP contribution in [0.15, 0.2) is 207 Å². The maximum Gasteiger partial charge on any atom is 0.449 e. The minimum Gasteiger partial charge on any atom is -0.455 e. The zero-order valence-corrected chi connectivity index (χ0v) is 82.6. The number of furan rings is 2. The molecule has 804 valence electrons. The van der Waals surface area contributed by atoms with Gasteiger partial charge in [-0.05, 0) is 47.5 Å². The zero-order valence-electron chi connectivity index (χ0n) is 76.1. The lowest BCUT2D eigenvalue weighted by molar-refractivity contribution is -0.154. The third-order valence-corrected chi connectivity index (χ3v) is 21.0. The van der Waals surface area contributed by atoms with E-state index in [-0.39, 0.29) is 115 Å². The Kier molecular flexibility index (Phi) is 42.4. The highest BCUT2D eigenvalue weighted by Crippen LogP contribution is 2.37. The van der Waals surface area contributed by atoms with Crippen molar-refractivity contribution in [3.8, 4) is 11.8 Å². The first-order valence-corrected chi connectivity index (χ1v) is 45.1. The Morgan fingerprint density at radius 2 is 0.647 bits per heavy atom. The van der Waals surface area contributed by atoms with E-state index < -0.39 is 127 Å². The van der Waals surface area contributed by atoms with E-state index in [1.165, 1.54) is 67.5 Å². The molecule has 8 N–H and O–H groups in total. The monoisotopic (exact) mass is 2290 g/mol. The van der Waals surface area contributed by atoms with E-state index in [2.05, 4.69) is 149 Å². The van der Waals surface area contributed by atoms with Crippen LogP contribution >= 0.6 is 94.5 Å². The van der Waals surface area contributed by atoms with E-state index in [1.807, 2.05) is 35.7 Å². The lowest BCUT2D eigenvalue weighted by atomic mass is 9.97. The highest BCUT2D eigenvalue weighted by molar-refractivity contribution is 7.72. The fraction of sp³-hybridized carbons (Fsp3) is 0.304. The van der Waals surface area contributed by atoms with Gasteiger partial charge in [0.25, 0.3) is 16.7 Å². The quantitative estimate of drug-likeness (QED) is 0.0200. The normalized spacial score (nSPS) is 11.5. The van der Waals surface area contributed by atoms with Crippen molar-refractivity contribution in [2.24, 2.45) is 0 Å². The molecule has 44 nitrogen and oxygen atoms in total. The average molecular weight is 2290 g/mol. The molecule has 0 amide bonds. The first kappa shape index (κ1) is 120. The third kappa shape index (κ3) is 39.7. The van der Waals surface area contributed by atoms with Crippen LogP contribution in [-0.4, -0.2) is 152 Å². The number of thiazole rings is 2. The van der Waals surface area contributed by atoms with Crippen LogP contribution < -0.4 is 66.0 Å². The summed E-state index contributed by atoms with van der Waals surface area (Å²) in [6.07, 6.45) is -6.84. The largest absolute Gasteiger partial charge is 0.455 e. The predicted octanol–water partition coefficient (Wildman–Crippen LogP) is 12.8. The van der Waals surface area contributed by atoms with Crippen molar-refractivity contribution in [1.29, 1.82) is 0 Å². The number of alkyl halides is 20. The first-order chi connectivity index (χ1) is 70.0. The Morgan fingerprint density at radius 3 is 0.893 bits per heavy atom. The molecule has 16 aromatic rings. The van der Waals surface area contributed by atoms with E-state index in [0.717, 1.165) is 106 Å². The minimum atomic E-state index is -4.58. The summed E-state index contributed by atoms with van der Waals surface area (Å²) in [4.78, 5) is 149. The van der Waals surface area contributed by atoms with Crippen molar-refractivity contribution < 1.29 is 116 Å². The van der Waals surface area contributed by atoms with Crippen molar-refractivity contribution in [2.45, 2.75) is 155 Å². The number of nitrogens with zero attached hydrogens (tertiary/aromatic N) is 20. The lowest BCUT2D eigenvalue weighted by Gasteiger charge is -2.11. The van der Waals surface area contributed by atoms with Gasteiger partial charge in [-0.3, -0.25) is 49.3 Å². The molecular weight excluding hydrogens is 2220 g/mol. The number of hydrogen-bond donors (Lipinski definition) is 8. The summed E-state index contributed by atoms with van der Waals surface area (Å²) in [6.45, 7) is 5.66. The maximum atomic E-state index is 12.4. The van der Waals surface area contributed by atoms with Crippen LogP contribution in [0.25, 0.3) is 0 Å². The first-order valence-electron chi connectivity index (χ1n) is 40.5. The van der Waals surface area contributed by atoms with Gasteiger partial charge in [0, 0.05) is 62.4 Å². The Morgan fingerprint density at radius 1 is 0.333 bits per heavy atom. The number of halogens is 20. The van der Waals surface area contributed by atoms with Gasteiger partial charge in [-0.2, -0.15) is 119 Å². The summed E-state index contributed by atoms with van der Waals surface area (Å²) >= 11 is 25.8. The van der Waals surface area contributed by atoms with Crippen molar-refractivity contribution in [1.82, 2.24) is 133 Å². The molecule has 0 aliphatic rings. The second-order valence-electron chi connectivity index (χ2n) is 30.5. The Labute approximate surface area is 856 Å². The summed E-state index contributed by atoms with van der Waals surface area (Å²) in [6, 6.07) is 11.6. The molecule has 16 aromatic heterocycles. The molecule has 0 aromatic carbocycles. The number of pyridine rings is 2. The number of H-pyrrole nitrogens is 7. The molecule has 16 heterocycles. The van der Waals surface area contributed by atoms with Gasteiger partial charge >= 0.3 is 83.9 Å².